The molecule has 122 valence electrons. The highest BCUT2D eigenvalue weighted by atomic mass is 127. The third kappa shape index (κ3) is 4.57. The molecule has 0 saturated carbocycles. The van der Waals surface area contributed by atoms with Gasteiger partial charge in [0.1, 0.15) is 5.82 Å². The van der Waals surface area contributed by atoms with Gasteiger partial charge in [0.25, 0.3) is 5.91 Å². The fourth-order valence-corrected chi connectivity index (χ4v) is 2.74. The van der Waals surface area contributed by atoms with Gasteiger partial charge in [0.05, 0.1) is 16.8 Å². The Morgan fingerprint density at radius 1 is 1.13 bits per heavy atom. The van der Waals surface area contributed by atoms with Crippen LogP contribution in [0.4, 0.5) is 10.1 Å². The Morgan fingerprint density at radius 2 is 1.78 bits per heavy atom. The molecule has 1 amide bonds. The molecule has 2 rings (SSSR count). The fraction of sp³-hybridized carbons (Fsp3) is 0.235. The van der Waals surface area contributed by atoms with Gasteiger partial charge >= 0.3 is 0 Å². The second-order valence-electron chi connectivity index (χ2n) is 4.61. The molecule has 23 heavy (non-hydrogen) atoms. The van der Waals surface area contributed by atoms with Gasteiger partial charge in [0, 0.05) is 11.3 Å². The quantitative estimate of drug-likeness (QED) is 0.689. The zero-order valence-electron chi connectivity index (χ0n) is 12.9. The van der Waals surface area contributed by atoms with Gasteiger partial charge < -0.3 is 14.8 Å². The number of carbonyl (C=O) groups is 1. The van der Waals surface area contributed by atoms with Crippen LogP contribution in [0.25, 0.3) is 0 Å². The Bertz CT molecular complexity index is 689. The van der Waals surface area contributed by atoms with Crippen LogP contribution in [0.15, 0.2) is 36.4 Å². The Morgan fingerprint density at radius 3 is 2.39 bits per heavy atom. The Kier molecular flexibility index (Phi) is 6.20. The summed E-state index contributed by atoms with van der Waals surface area (Å²) in [7, 11) is 0. The lowest BCUT2D eigenvalue weighted by Gasteiger charge is -2.14. The number of nitrogens with one attached hydrogen (secondary N) is 1. The number of hydrogen-bond donors (Lipinski definition) is 1. The molecule has 1 N–H and O–H groups in total. The van der Waals surface area contributed by atoms with Crippen molar-refractivity contribution < 1.29 is 18.7 Å². The maximum atomic E-state index is 12.9. The molecule has 4 nitrogen and oxygen atoms in total. The van der Waals surface area contributed by atoms with Crippen LogP contribution in [0.1, 0.15) is 24.2 Å². The predicted octanol–water partition coefficient (Wildman–Crippen LogP) is 4.48. The van der Waals surface area contributed by atoms with Gasteiger partial charge in [-0.1, -0.05) is 0 Å². The standard InChI is InChI=1S/C17H17FINO3/c1-3-22-15-10-11(9-14(19)16(15)23-4-2)17(21)20-13-7-5-12(18)6-8-13/h5-10H,3-4H2,1-2H3,(H,20,21). The molecule has 6 heteroatoms. The van der Waals surface area contributed by atoms with E-state index in [1.807, 2.05) is 13.8 Å². The van der Waals surface area contributed by atoms with Crippen molar-refractivity contribution in [2.45, 2.75) is 13.8 Å². The van der Waals surface area contributed by atoms with Gasteiger partial charge in [-0.25, -0.2) is 4.39 Å². The van der Waals surface area contributed by atoms with Crippen LogP contribution in [-0.2, 0) is 0 Å². The van der Waals surface area contributed by atoms with Gasteiger partial charge in [0.15, 0.2) is 11.5 Å². The molecule has 0 spiro atoms. The topological polar surface area (TPSA) is 47.6 Å². The molecule has 0 bridgehead atoms. The van der Waals surface area contributed by atoms with Gasteiger partial charge in [-0.15, -0.1) is 0 Å². The molecule has 2 aromatic rings. The highest BCUT2D eigenvalue weighted by Crippen LogP contribution is 2.34. The highest BCUT2D eigenvalue weighted by molar-refractivity contribution is 14.1. The van der Waals surface area contributed by atoms with Crippen molar-refractivity contribution >= 4 is 34.2 Å². The number of rotatable bonds is 6. The van der Waals surface area contributed by atoms with E-state index in [1.54, 1.807) is 12.1 Å². The normalized spacial score (nSPS) is 10.3. The Balaban J connectivity index is 2.27. The summed E-state index contributed by atoms with van der Waals surface area (Å²) in [4.78, 5) is 12.4. The summed E-state index contributed by atoms with van der Waals surface area (Å²) in [5, 5.41) is 2.73. The summed E-state index contributed by atoms with van der Waals surface area (Å²) in [6, 6.07) is 8.99. The van der Waals surface area contributed by atoms with E-state index in [2.05, 4.69) is 27.9 Å². The monoisotopic (exact) mass is 429 g/mol. The zero-order valence-corrected chi connectivity index (χ0v) is 15.0. The van der Waals surface area contributed by atoms with Crippen LogP contribution in [0.5, 0.6) is 11.5 Å². The van der Waals surface area contributed by atoms with Crippen molar-refractivity contribution in [2.75, 3.05) is 18.5 Å². The molecule has 0 aliphatic rings. The molecule has 0 heterocycles. The molecule has 0 radical (unpaired) electrons. The first-order valence-corrected chi connectivity index (χ1v) is 8.29. The summed E-state index contributed by atoms with van der Waals surface area (Å²) in [5.41, 5.74) is 0.976. The van der Waals surface area contributed by atoms with Crippen molar-refractivity contribution in [1.82, 2.24) is 0 Å². The highest BCUT2D eigenvalue weighted by Gasteiger charge is 2.16. The number of anilines is 1. The molecule has 0 fully saturated rings. The number of hydrogen-bond acceptors (Lipinski definition) is 3. The SMILES string of the molecule is CCOc1cc(C(=O)Nc2ccc(F)cc2)cc(I)c1OCC. The number of ether oxygens (including phenoxy) is 2. The average Bonchev–Trinajstić information content (AvgIpc) is 2.53. The van der Waals surface area contributed by atoms with Crippen molar-refractivity contribution in [2.24, 2.45) is 0 Å². The first-order chi connectivity index (χ1) is 11.0. The van der Waals surface area contributed by atoms with E-state index in [0.717, 1.165) is 3.57 Å². The van der Waals surface area contributed by atoms with E-state index in [-0.39, 0.29) is 11.7 Å². The minimum Gasteiger partial charge on any atom is -0.490 e. The first-order valence-electron chi connectivity index (χ1n) is 7.21. The summed E-state index contributed by atoms with van der Waals surface area (Å²) < 4.78 is 24.9. The summed E-state index contributed by atoms with van der Waals surface area (Å²) >= 11 is 2.11. The molecule has 0 unspecified atom stereocenters. The van der Waals surface area contributed by atoms with Gasteiger partial charge in [-0.3, -0.25) is 4.79 Å². The summed E-state index contributed by atoms with van der Waals surface area (Å²) in [6.07, 6.45) is 0. The fourth-order valence-electron chi connectivity index (χ4n) is 1.98. The van der Waals surface area contributed by atoms with Crippen LogP contribution in [0, 0.1) is 9.39 Å². The van der Waals surface area contributed by atoms with Gasteiger partial charge in [-0.05, 0) is 72.8 Å². The molecule has 2 aromatic carbocycles. The largest absolute Gasteiger partial charge is 0.490 e. The van der Waals surface area contributed by atoms with E-state index in [4.69, 9.17) is 9.47 Å². The molecule has 0 aliphatic heterocycles. The van der Waals surface area contributed by atoms with E-state index >= 15 is 0 Å². The minimum atomic E-state index is -0.350. The lowest BCUT2D eigenvalue weighted by molar-refractivity contribution is 0.102. The zero-order chi connectivity index (χ0) is 16.8. The van der Waals surface area contributed by atoms with Gasteiger partial charge in [0.2, 0.25) is 0 Å². The molecule has 0 saturated heterocycles. The predicted molar refractivity (Wildman–Crippen MR) is 95.9 cm³/mol. The third-order valence-corrected chi connectivity index (χ3v) is 3.76. The number of halogens is 2. The van der Waals surface area contributed by atoms with Crippen LogP contribution in [0.3, 0.4) is 0 Å². The smallest absolute Gasteiger partial charge is 0.255 e. The van der Waals surface area contributed by atoms with E-state index < -0.39 is 0 Å². The van der Waals surface area contributed by atoms with Crippen LogP contribution in [0.2, 0.25) is 0 Å². The van der Waals surface area contributed by atoms with E-state index in [1.165, 1.54) is 24.3 Å². The molecule has 0 aromatic heterocycles. The maximum absolute atomic E-state index is 12.9. The Labute approximate surface area is 148 Å². The molecule has 0 aliphatic carbocycles. The second kappa shape index (κ2) is 8.14. The third-order valence-electron chi connectivity index (χ3n) is 2.96. The van der Waals surface area contributed by atoms with Crippen LogP contribution >= 0.6 is 22.6 Å². The average molecular weight is 429 g/mol. The van der Waals surface area contributed by atoms with Crippen molar-refractivity contribution in [3.8, 4) is 11.5 Å². The lowest BCUT2D eigenvalue weighted by Crippen LogP contribution is -2.13. The first kappa shape index (κ1) is 17.5. The van der Waals surface area contributed by atoms with Crippen LogP contribution in [-0.4, -0.2) is 19.1 Å². The molecule has 0 atom stereocenters. The number of benzene rings is 2. The van der Waals surface area contributed by atoms with E-state index in [9.17, 15) is 9.18 Å². The lowest BCUT2D eigenvalue weighted by atomic mass is 10.1. The number of carbonyl (C=O) groups excluding carboxylic acids is 1. The van der Waals surface area contributed by atoms with E-state index in [0.29, 0.717) is 36.0 Å². The van der Waals surface area contributed by atoms with Crippen LogP contribution < -0.4 is 14.8 Å². The van der Waals surface area contributed by atoms with Gasteiger partial charge in [-0.2, -0.15) is 0 Å². The summed E-state index contributed by atoms with van der Waals surface area (Å²) in [5.74, 6) is 0.523. The molecular weight excluding hydrogens is 412 g/mol. The molecular formula is C17H17FINO3. The van der Waals surface area contributed by atoms with Crippen molar-refractivity contribution in [3.63, 3.8) is 0 Å². The minimum absolute atomic E-state index is 0.293. The van der Waals surface area contributed by atoms with Crippen molar-refractivity contribution in [1.29, 1.82) is 0 Å². The van der Waals surface area contributed by atoms with Crippen molar-refractivity contribution in [3.05, 3.63) is 51.3 Å². The Hall–Kier alpha value is -1.83. The maximum Gasteiger partial charge on any atom is 0.255 e. The number of amides is 1. The second-order valence-corrected chi connectivity index (χ2v) is 5.77. The summed E-state index contributed by atoms with van der Waals surface area (Å²) in [6.45, 7) is 4.74.